The highest BCUT2D eigenvalue weighted by Gasteiger charge is 2.62. The number of hydrogen-bond acceptors (Lipinski definition) is 1. The van der Waals surface area contributed by atoms with E-state index in [2.05, 4.69) is 18.3 Å². The average Bonchev–Trinajstić information content (AvgIpc) is 2.87. The van der Waals surface area contributed by atoms with Crippen LogP contribution in [0.2, 0.25) is 10.0 Å². The van der Waals surface area contributed by atoms with Crippen molar-refractivity contribution in [3.8, 4) is 0 Å². The van der Waals surface area contributed by atoms with E-state index in [1.165, 1.54) is 12.0 Å². The second-order valence-corrected chi connectivity index (χ2v) is 5.51. The summed E-state index contributed by atoms with van der Waals surface area (Å²) in [6.07, 6.45) is 1.29. The molecule has 1 N–H and O–H groups in total. The van der Waals surface area contributed by atoms with Crippen LogP contribution in [-0.2, 0) is 5.41 Å². The van der Waals surface area contributed by atoms with Crippen molar-refractivity contribution >= 4 is 23.2 Å². The highest BCUT2D eigenvalue weighted by atomic mass is 35.5. The third-order valence-corrected chi connectivity index (χ3v) is 4.79. The van der Waals surface area contributed by atoms with Gasteiger partial charge in [0.1, 0.15) is 0 Å². The summed E-state index contributed by atoms with van der Waals surface area (Å²) < 4.78 is 0. The maximum Gasteiger partial charge on any atom is 0.0595 e. The Morgan fingerprint density at radius 2 is 2.13 bits per heavy atom. The summed E-state index contributed by atoms with van der Waals surface area (Å²) in [4.78, 5) is 0. The normalized spacial score (nSPS) is 37.8. The van der Waals surface area contributed by atoms with Crippen molar-refractivity contribution in [2.24, 2.45) is 5.92 Å². The summed E-state index contributed by atoms with van der Waals surface area (Å²) in [5, 5.41) is 4.84. The number of fused-ring (bicyclic) bond motifs is 1. The molecule has 0 aromatic heterocycles. The molecule has 1 aliphatic carbocycles. The van der Waals surface area contributed by atoms with E-state index in [1.807, 2.05) is 12.1 Å². The van der Waals surface area contributed by atoms with Crippen LogP contribution in [0, 0.1) is 5.92 Å². The lowest BCUT2D eigenvalue weighted by Gasteiger charge is -2.20. The summed E-state index contributed by atoms with van der Waals surface area (Å²) in [6.45, 7) is 3.40. The molecule has 0 radical (unpaired) electrons. The van der Waals surface area contributed by atoms with Gasteiger partial charge in [-0.25, -0.2) is 0 Å². The van der Waals surface area contributed by atoms with E-state index < -0.39 is 0 Å². The number of benzene rings is 1. The fraction of sp³-hybridized carbons (Fsp3) is 0.500. The highest BCUT2D eigenvalue weighted by Crippen LogP contribution is 2.59. The molecule has 0 amide bonds. The predicted octanol–water partition coefficient (Wildman–Crippen LogP) is 3.24. The number of nitrogens with one attached hydrogen (secondary N) is 1. The second kappa shape index (κ2) is 3.13. The number of hydrogen-bond donors (Lipinski definition) is 1. The van der Waals surface area contributed by atoms with Gasteiger partial charge in [-0.05, 0) is 43.5 Å². The summed E-state index contributed by atoms with van der Waals surface area (Å²) in [5.41, 5.74) is 1.69. The minimum absolute atomic E-state index is 0.341. The number of halogens is 2. The summed E-state index contributed by atoms with van der Waals surface area (Å²) in [5.74, 6) is 0.796. The lowest BCUT2D eigenvalue weighted by Crippen LogP contribution is -2.31. The zero-order valence-electron chi connectivity index (χ0n) is 8.56. The fourth-order valence-corrected chi connectivity index (χ4v) is 3.32. The molecule has 2 fully saturated rings. The lowest BCUT2D eigenvalue weighted by molar-refractivity contribution is 0.520. The third-order valence-electron chi connectivity index (χ3n) is 4.05. The maximum absolute atomic E-state index is 6.07. The molecular formula is C12H13Cl2N. The number of rotatable bonds is 1. The topological polar surface area (TPSA) is 12.0 Å². The van der Waals surface area contributed by atoms with Crippen LogP contribution in [0.25, 0.3) is 0 Å². The van der Waals surface area contributed by atoms with Crippen molar-refractivity contribution in [1.29, 1.82) is 0 Å². The fourth-order valence-electron chi connectivity index (χ4n) is 3.02. The molecular weight excluding hydrogens is 229 g/mol. The molecule has 15 heavy (non-hydrogen) atoms. The zero-order chi connectivity index (χ0) is 10.6. The Morgan fingerprint density at radius 3 is 2.67 bits per heavy atom. The largest absolute Gasteiger partial charge is 0.313 e. The van der Waals surface area contributed by atoms with Gasteiger partial charge in [0.25, 0.3) is 0 Å². The minimum Gasteiger partial charge on any atom is -0.313 e. The van der Waals surface area contributed by atoms with E-state index in [0.717, 1.165) is 12.5 Å². The van der Waals surface area contributed by atoms with Crippen molar-refractivity contribution in [1.82, 2.24) is 5.32 Å². The van der Waals surface area contributed by atoms with Gasteiger partial charge >= 0.3 is 0 Å². The standard InChI is InChI=1S/C12H13Cl2N/c1-7-12(5-9(12)6-15-7)8-2-3-10(13)11(14)4-8/h2-4,7,9,15H,5-6H2,1H3/t7-,9?,12?/m0/s1. The van der Waals surface area contributed by atoms with Crippen molar-refractivity contribution in [2.75, 3.05) is 6.54 Å². The third kappa shape index (κ3) is 1.27. The van der Waals surface area contributed by atoms with E-state index in [4.69, 9.17) is 23.2 Å². The first-order valence-corrected chi connectivity index (χ1v) is 6.09. The molecule has 2 aliphatic rings. The van der Waals surface area contributed by atoms with Gasteiger partial charge in [0.05, 0.1) is 10.0 Å². The van der Waals surface area contributed by atoms with Crippen LogP contribution < -0.4 is 5.32 Å². The molecule has 2 unspecified atom stereocenters. The van der Waals surface area contributed by atoms with Gasteiger partial charge in [-0.3, -0.25) is 0 Å². The van der Waals surface area contributed by atoms with Gasteiger partial charge in [-0.15, -0.1) is 0 Å². The predicted molar refractivity (Wildman–Crippen MR) is 63.7 cm³/mol. The Kier molecular flexibility index (Phi) is 2.08. The molecule has 0 spiro atoms. The van der Waals surface area contributed by atoms with Crippen LogP contribution >= 0.6 is 23.2 Å². The van der Waals surface area contributed by atoms with Gasteiger partial charge in [0.15, 0.2) is 0 Å². The molecule has 1 aliphatic heterocycles. The molecule has 3 heteroatoms. The van der Waals surface area contributed by atoms with E-state index in [9.17, 15) is 0 Å². The Hall–Kier alpha value is -0.240. The monoisotopic (exact) mass is 241 g/mol. The number of piperidine rings is 1. The van der Waals surface area contributed by atoms with Crippen LogP contribution in [0.5, 0.6) is 0 Å². The first kappa shape index (κ1) is 9.95. The van der Waals surface area contributed by atoms with Gasteiger partial charge in [-0.2, -0.15) is 0 Å². The van der Waals surface area contributed by atoms with Gasteiger partial charge in [0.2, 0.25) is 0 Å². The molecule has 1 saturated carbocycles. The Balaban J connectivity index is 2.03. The molecule has 3 rings (SSSR count). The Labute approximate surface area is 99.8 Å². The van der Waals surface area contributed by atoms with Crippen LogP contribution in [-0.4, -0.2) is 12.6 Å². The molecule has 1 saturated heterocycles. The molecule has 1 aromatic carbocycles. The van der Waals surface area contributed by atoms with Crippen LogP contribution in [0.3, 0.4) is 0 Å². The lowest BCUT2D eigenvalue weighted by atomic mass is 9.89. The first-order chi connectivity index (χ1) is 7.14. The summed E-state index contributed by atoms with van der Waals surface area (Å²) in [6, 6.07) is 6.62. The minimum atomic E-state index is 0.341. The second-order valence-electron chi connectivity index (χ2n) is 4.70. The van der Waals surface area contributed by atoms with Crippen LogP contribution in [0.15, 0.2) is 18.2 Å². The molecule has 1 aromatic rings. The summed E-state index contributed by atoms with van der Waals surface area (Å²) in [7, 11) is 0. The average molecular weight is 242 g/mol. The van der Waals surface area contributed by atoms with Crippen molar-refractivity contribution in [3.63, 3.8) is 0 Å². The molecule has 0 bridgehead atoms. The maximum atomic E-state index is 6.07. The quantitative estimate of drug-likeness (QED) is 0.797. The van der Waals surface area contributed by atoms with Crippen molar-refractivity contribution in [3.05, 3.63) is 33.8 Å². The van der Waals surface area contributed by atoms with E-state index >= 15 is 0 Å². The molecule has 1 nitrogen and oxygen atoms in total. The molecule has 3 atom stereocenters. The van der Waals surface area contributed by atoms with Crippen molar-refractivity contribution < 1.29 is 0 Å². The van der Waals surface area contributed by atoms with Gasteiger partial charge in [-0.1, -0.05) is 29.3 Å². The van der Waals surface area contributed by atoms with Crippen molar-refractivity contribution in [2.45, 2.75) is 24.8 Å². The first-order valence-electron chi connectivity index (χ1n) is 5.33. The van der Waals surface area contributed by atoms with Crippen LogP contribution in [0.1, 0.15) is 18.9 Å². The van der Waals surface area contributed by atoms with E-state index in [0.29, 0.717) is 21.5 Å². The van der Waals surface area contributed by atoms with Gasteiger partial charge < -0.3 is 5.32 Å². The SMILES string of the molecule is C[C@@H]1NCC2CC21c1ccc(Cl)c(Cl)c1. The highest BCUT2D eigenvalue weighted by molar-refractivity contribution is 6.42. The van der Waals surface area contributed by atoms with Crippen LogP contribution in [0.4, 0.5) is 0 Å². The zero-order valence-corrected chi connectivity index (χ0v) is 10.1. The van der Waals surface area contributed by atoms with E-state index in [1.54, 1.807) is 0 Å². The smallest absolute Gasteiger partial charge is 0.0595 e. The van der Waals surface area contributed by atoms with E-state index in [-0.39, 0.29) is 0 Å². The summed E-state index contributed by atoms with van der Waals surface area (Å²) >= 11 is 12.0. The Morgan fingerprint density at radius 1 is 1.33 bits per heavy atom. The van der Waals surface area contributed by atoms with Gasteiger partial charge in [0, 0.05) is 11.5 Å². The molecule has 80 valence electrons. The molecule has 1 heterocycles. The Bertz CT molecular complexity index is 418.